The van der Waals surface area contributed by atoms with Crippen LogP contribution in [0.1, 0.15) is 78.0 Å². The second kappa shape index (κ2) is 6.39. The van der Waals surface area contributed by atoms with Gasteiger partial charge >= 0.3 is 0 Å². The normalized spacial score (nSPS) is 14.3. The summed E-state index contributed by atoms with van der Waals surface area (Å²) >= 11 is 0. The lowest BCUT2D eigenvalue weighted by molar-refractivity contribution is 0.181. The molecular formula is C19H32O2. The van der Waals surface area contributed by atoms with E-state index in [9.17, 15) is 10.2 Å². The topological polar surface area (TPSA) is 40.5 Å². The molecule has 0 heterocycles. The summed E-state index contributed by atoms with van der Waals surface area (Å²) in [5.41, 5.74) is 3.13. The average Bonchev–Trinajstić information content (AvgIpc) is 2.27. The van der Waals surface area contributed by atoms with Gasteiger partial charge in [0.1, 0.15) is 5.75 Å². The Labute approximate surface area is 130 Å². The third-order valence-electron chi connectivity index (χ3n) is 3.87. The Kier molecular flexibility index (Phi) is 5.49. The van der Waals surface area contributed by atoms with Gasteiger partial charge in [-0.2, -0.15) is 0 Å². The van der Waals surface area contributed by atoms with Crippen molar-refractivity contribution >= 4 is 0 Å². The zero-order valence-corrected chi connectivity index (χ0v) is 14.7. The molecule has 0 aliphatic carbocycles. The van der Waals surface area contributed by atoms with Gasteiger partial charge in [0.25, 0.3) is 0 Å². The molecule has 0 bridgehead atoms. The molecule has 2 N–H and O–H groups in total. The Hall–Kier alpha value is -1.02. The monoisotopic (exact) mass is 292 g/mol. The SMILES string of the molecule is CC(O)CCCc1cc(C(C)(C)C)c(O)c(C(C)(C)C)c1. The van der Waals surface area contributed by atoms with Crippen LogP contribution in [0.4, 0.5) is 0 Å². The van der Waals surface area contributed by atoms with Crippen LogP contribution in [-0.2, 0) is 17.3 Å². The molecular weight excluding hydrogens is 260 g/mol. The third kappa shape index (κ3) is 5.03. The molecule has 2 nitrogen and oxygen atoms in total. The molecule has 0 saturated heterocycles. The molecule has 0 aromatic heterocycles. The van der Waals surface area contributed by atoms with E-state index in [0.29, 0.717) is 5.75 Å². The summed E-state index contributed by atoms with van der Waals surface area (Å²) in [4.78, 5) is 0. The quantitative estimate of drug-likeness (QED) is 0.845. The van der Waals surface area contributed by atoms with Crippen molar-refractivity contribution in [1.29, 1.82) is 0 Å². The minimum absolute atomic E-state index is 0.0790. The molecule has 21 heavy (non-hydrogen) atoms. The van der Waals surface area contributed by atoms with Crippen LogP contribution < -0.4 is 0 Å². The highest BCUT2D eigenvalue weighted by Gasteiger charge is 2.26. The average molecular weight is 292 g/mol. The number of benzene rings is 1. The number of rotatable bonds is 4. The van der Waals surface area contributed by atoms with E-state index < -0.39 is 0 Å². The largest absolute Gasteiger partial charge is 0.507 e. The van der Waals surface area contributed by atoms with Gasteiger partial charge in [-0.15, -0.1) is 0 Å². The molecule has 1 aromatic carbocycles. The summed E-state index contributed by atoms with van der Waals surface area (Å²) in [5.74, 6) is 0.439. The highest BCUT2D eigenvalue weighted by atomic mass is 16.3. The van der Waals surface area contributed by atoms with Gasteiger partial charge in [-0.25, -0.2) is 0 Å². The molecule has 1 aromatic rings. The van der Waals surface area contributed by atoms with Crippen molar-refractivity contribution in [3.8, 4) is 5.75 Å². The van der Waals surface area contributed by atoms with Crippen molar-refractivity contribution in [3.63, 3.8) is 0 Å². The summed E-state index contributed by atoms with van der Waals surface area (Å²) < 4.78 is 0. The van der Waals surface area contributed by atoms with Gasteiger partial charge in [0, 0.05) is 0 Å². The molecule has 120 valence electrons. The first-order valence-corrected chi connectivity index (χ1v) is 7.98. The second-order valence-electron chi connectivity index (χ2n) is 8.28. The van der Waals surface area contributed by atoms with Crippen molar-refractivity contribution in [2.75, 3.05) is 0 Å². The molecule has 0 radical (unpaired) electrons. The molecule has 1 atom stereocenters. The maximum Gasteiger partial charge on any atom is 0.123 e. The Balaban J connectivity index is 3.21. The molecule has 0 saturated carbocycles. The van der Waals surface area contributed by atoms with E-state index in [1.807, 2.05) is 6.92 Å². The van der Waals surface area contributed by atoms with Gasteiger partial charge in [0.15, 0.2) is 0 Å². The second-order valence-corrected chi connectivity index (χ2v) is 8.28. The van der Waals surface area contributed by atoms with Gasteiger partial charge < -0.3 is 10.2 Å². The molecule has 0 fully saturated rings. The van der Waals surface area contributed by atoms with Crippen molar-refractivity contribution in [1.82, 2.24) is 0 Å². The number of phenolic OH excluding ortho intramolecular Hbond substituents is 1. The van der Waals surface area contributed by atoms with E-state index in [1.165, 1.54) is 5.56 Å². The van der Waals surface area contributed by atoms with E-state index in [-0.39, 0.29) is 16.9 Å². The summed E-state index contributed by atoms with van der Waals surface area (Å²) in [5, 5.41) is 20.1. The van der Waals surface area contributed by atoms with Crippen molar-refractivity contribution < 1.29 is 10.2 Å². The minimum atomic E-state index is -0.244. The number of hydrogen-bond donors (Lipinski definition) is 2. The number of aliphatic hydroxyl groups is 1. The molecule has 0 aliphatic heterocycles. The molecule has 0 aliphatic rings. The number of hydrogen-bond acceptors (Lipinski definition) is 2. The van der Waals surface area contributed by atoms with Crippen LogP contribution in [0, 0.1) is 0 Å². The maximum absolute atomic E-state index is 10.7. The van der Waals surface area contributed by atoms with E-state index in [2.05, 4.69) is 53.7 Å². The third-order valence-corrected chi connectivity index (χ3v) is 3.87. The van der Waals surface area contributed by atoms with Crippen LogP contribution >= 0.6 is 0 Å². The molecule has 2 heteroatoms. The van der Waals surface area contributed by atoms with Gasteiger partial charge in [0.05, 0.1) is 6.10 Å². The maximum atomic E-state index is 10.7. The van der Waals surface area contributed by atoms with Crippen LogP contribution in [0.5, 0.6) is 5.75 Å². The first-order valence-electron chi connectivity index (χ1n) is 7.98. The summed E-state index contributed by atoms with van der Waals surface area (Å²) in [7, 11) is 0. The van der Waals surface area contributed by atoms with Crippen molar-refractivity contribution in [2.45, 2.75) is 84.7 Å². The van der Waals surface area contributed by atoms with E-state index in [1.54, 1.807) is 0 Å². The van der Waals surface area contributed by atoms with Crippen LogP contribution in [0.3, 0.4) is 0 Å². The standard InChI is InChI=1S/C19H32O2/c1-13(20)9-8-10-14-11-15(18(2,3)4)17(21)16(12-14)19(5,6)7/h11-13,20-21H,8-10H2,1-7H3. The number of aromatic hydroxyl groups is 1. The van der Waals surface area contributed by atoms with Crippen LogP contribution in [0.15, 0.2) is 12.1 Å². The minimum Gasteiger partial charge on any atom is -0.507 e. The highest BCUT2D eigenvalue weighted by Crippen LogP contribution is 2.40. The predicted molar refractivity (Wildman–Crippen MR) is 90.1 cm³/mol. The lowest BCUT2D eigenvalue weighted by atomic mass is 9.78. The summed E-state index contributed by atoms with van der Waals surface area (Å²) in [6, 6.07) is 4.26. The van der Waals surface area contributed by atoms with Gasteiger partial charge in [-0.3, -0.25) is 0 Å². The lowest BCUT2D eigenvalue weighted by Gasteiger charge is -2.28. The predicted octanol–water partition coefficient (Wildman–Crippen LogP) is 4.69. The highest BCUT2D eigenvalue weighted by molar-refractivity contribution is 5.49. The molecule has 1 rings (SSSR count). The fourth-order valence-corrected chi connectivity index (χ4v) is 2.58. The summed E-state index contributed by atoms with van der Waals surface area (Å²) in [6.07, 6.45) is 2.48. The number of aliphatic hydroxyl groups excluding tert-OH is 1. The Morgan fingerprint density at radius 2 is 1.38 bits per heavy atom. The first kappa shape index (κ1) is 18.0. The van der Waals surface area contributed by atoms with Gasteiger partial charge in [-0.05, 0) is 53.7 Å². The fraction of sp³-hybridized carbons (Fsp3) is 0.684. The van der Waals surface area contributed by atoms with E-state index in [4.69, 9.17) is 0 Å². The van der Waals surface area contributed by atoms with Gasteiger partial charge in [0.2, 0.25) is 0 Å². The molecule has 0 amide bonds. The summed E-state index contributed by atoms with van der Waals surface area (Å²) in [6.45, 7) is 14.6. The van der Waals surface area contributed by atoms with Crippen LogP contribution in [-0.4, -0.2) is 16.3 Å². The zero-order valence-electron chi connectivity index (χ0n) is 14.7. The van der Waals surface area contributed by atoms with E-state index in [0.717, 1.165) is 30.4 Å². The Morgan fingerprint density at radius 1 is 0.952 bits per heavy atom. The number of phenols is 1. The van der Waals surface area contributed by atoms with Gasteiger partial charge in [-0.1, -0.05) is 53.7 Å². The van der Waals surface area contributed by atoms with Crippen molar-refractivity contribution in [3.05, 3.63) is 28.8 Å². The Bertz CT molecular complexity index is 438. The smallest absolute Gasteiger partial charge is 0.123 e. The van der Waals surface area contributed by atoms with Crippen LogP contribution in [0.25, 0.3) is 0 Å². The van der Waals surface area contributed by atoms with Crippen molar-refractivity contribution in [2.24, 2.45) is 0 Å². The molecule has 1 unspecified atom stereocenters. The zero-order chi connectivity index (χ0) is 16.4. The molecule has 0 spiro atoms. The number of aryl methyl sites for hydroxylation is 1. The Morgan fingerprint density at radius 3 is 1.71 bits per heavy atom. The lowest BCUT2D eigenvalue weighted by Crippen LogP contribution is -2.18. The fourth-order valence-electron chi connectivity index (χ4n) is 2.58. The van der Waals surface area contributed by atoms with Crippen LogP contribution in [0.2, 0.25) is 0 Å². The van der Waals surface area contributed by atoms with E-state index >= 15 is 0 Å². The first-order chi connectivity index (χ1) is 9.43.